The molecule has 0 spiro atoms. The van der Waals surface area contributed by atoms with Crippen LogP contribution in [0.5, 0.6) is 0 Å². The predicted molar refractivity (Wildman–Crippen MR) is 116 cm³/mol. The van der Waals surface area contributed by atoms with Crippen LogP contribution in [0, 0.1) is 13.8 Å². The molecule has 1 aliphatic rings. The molecule has 2 aromatic rings. The zero-order chi connectivity index (χ0) is 21.2. The molecule has 1 heterocycles. The smallest absolute Gasteiger partial charge is 0.237 e. The number of hydrogen-bond donors (Lipinski definition) is 2. The molecular formula is C21H24N2O4S2. The minimum atomic E-state index is -3.66. The van der Waals surface area contributed by atoms with Gasteiger partial charge in [-0.1, -0.05) is 24.6 Å². The maximum absolute atomic E-state index is 12.7. The van der Waals surface area contributed by atoms with Gasteiger partial charge < -0.3 is 10.6 Å². The van der Waals surface area contributed by atoms with E-state index in [0.717, 1.165) is 16.0 Å². The van der Waals surface area contributed by atoms with Gasteiger partial charge in [-0.3, -0.25) is 9.59 Å². The molecule has 0 aromatic heterocycles. The molecule has 1 aliphatic heterocycles. The number of thioether (sulfide) groups is 1. The van der Waals surface area contributed by atoms with Crippen molar-refractivity contribution in [2.24, 2.45) is 0 Å². The Labute approximate surface area is 175 Å². The fourth-order valence-electron chi connectivity index (χ4n) is 3.10. The van der Waals surface area contributed by atoms with Gasteiger partial charge in [-0.05, 0) is 50.1 Å². The summed E-state index contributed by atoms with van der Waals surface area (Å²) in [6, 6.07) is 10.4. The fraction of sp³-hybridized carbons (Fsp3) is 0.333. The summed E-state index contributed by atoms with van der Waals surface area (Å²) in [4.78, 5) is 25.2. The lowest BCUT2D eigenvalue weighted by molar-refractivity contribution is -0.116. The standard InChI is InChI=1S/C21H24N2O4S2/c1-4-18-21(25)23-17-12-15(6-8-19(17)28-18)29(26,27)10-9-20(24)22-16-7-5-13(2)11-14(16)3/h5-8,11-12,18H,4,9-10H2,1-3H3,(H,22,24)(H,23,25)/t18-/m1/s1. The summed E-state index contributed by atoms with van der Waals surface area (Å²) in [7, 11) is -3.66. The summed E-state index contributed by atoms with van der Waals surface area (Å²) < 4.78 is 25.4. The Balaban J connectivity index is 1.67. The summed E-state index contributed by atoms with van der Waals surface area (Å²) in [5.74, 6) is -0.776. The molecule has 0 aliphatic carbocycles. The maximum Gasteiger partial charge on any atom is 0.237 e. The van der Waals surface area contributed by atoms with Crippen LogP contribution >= 0.6 is 11.8 Å². The molecule has 2 N–H and O–H groups in total. The number of sulfone groups is 1. The van der Waals surface area contributed by atoms with Crippen LogP contribution in [0.3, 0.4) is 0 Å². The van der Waals surface area contributed by atoms with E-state index in [1.54, 1.807) is 6.07 Å². The number of aryl methyl sites for hydroxylation is 2. The highest BCUT2D eigenvalue weighted by atomic mass is 32.2. The first-order valence-corrected chi connectivity index (χ1v) is 11.9. The number of amides is 2. The zero-order valence-electron chi connectivity index (χ0n) is 16.6. The number of fused-ring (bicyclic) bond motifs is 1. The van der Waals surface area contributed by atoms with Gasteiger partial charge in [-0.2, -0.15) is 0 Å². The van der Waals surface area contributed by atoms with Gasteiger partial charge in [-0.25, -0.2) is 8.42 Å². The minimum absolute atomic E-state index is 0.103. The van der Waals surface area contributed by atoms with E-state index in [-0.39, 0.29) is 34.1 Å². The molecule has 0 saturated carbocycles. The number of hydrogen-bond acceptors (Lipinski definition) is 5. The Morgan fingerprint density at radius 1 is 1.17 bits per heavy atom. The second kappa shape index (κ2) is 8.59. The molecule has 2 aromatic carbocycles. The fourth-order valence-corrected chi connectivity index (χ4v) is 5.39. The summed E-state index contributed by atoms with van der Waals surface area (Å²) in [6.07, 6.45) is 0.553. The van der Waals surface area contributed by atoms with Gasteiger partial charge in [0.1, 0.15) is 0 Å². The van der Waals surface area contributed by atoms with Gasteiger partial charge in [0.25, 0.3) is 0 Å². The average Bonchev–Trinajstić information content (AvgIpc) is 2.67. The molecule has 6 nitrogen and oxygen atoms in total. The van der Waals surface area contributed by atoms with Gasteiger partial charge in [-0.15, -0.1) is 11.8 Å². The van der Waals surface area contributed by atoms with Crippen molar-refractivity contribution >= 4 is 44.8 Å². The molecule has 0 saturated heterocycles. The Morgan fingerprint density at radius 3 is 2.62 bits per heavy atom. The van der Waals surface area contributed by atoms with Crippen molar-refractivity contribution in [3.8, 4) is 0 Å². The van der Waals surface area contributed by atoms with Crippen molar-refractivity contribution in [1.29, 1.82) is 0 Å². The van der Waals surface area contributed by atoms with E-state index < -0.39 is 9.84 Å². The SMILES string of the molecule is CC[C@H]1Sc2ccc(S(=O)(=O)CCC(=O)Nc3ccc(C)cc3C)cc2NC1=O. The van der Waals surface area contributed by atoms with E-state index in [1.807, 2.05) is 39.0 Å². The van der Waals surface area contributed by atoms with E-state index in [4.69, 9.17) is 0 Å². The van der Waals surface area contributed by atoms with Crippen molar-refractivity contribution in [2.75, 3.05) is 16.4 Å². The number of carbonyl (C=O) groups excluding carboxylic acids is 2. The third-order valence-electron chi connectivity index (χ3n) is 4.75. The topological polar surface area (TPSA) is 92.3 Å². The van der Waals surface area contributed by atoms with Crippen molar-refractivity contribution in [2.45, 2.75) is 48.7 Å². The number of carbonyl (C=O) groups is 2. The van der Waals surface area contributed by atoms with Crippen molar-refractivity contribution in [3.63, 3.8) is 0 Å². The monoisotopic (exact) mass is 432 g/mol. The molecule has 0 fully saturated rings. The molecule has 154 valence electrons. The van der Waals surface area contributed by atoms with Crippen molar-refractivity contribution in [3.05, 3.63) is 47.5 Å². The van der Waals surface area contributed by atoms with Gasteiger partial charge in [0, 0.05) is 17.0 Å². The van der Waals surface area contributed by atoms with E-state index in [0.29, 0.717) is 17.8 Å². The minimum Gasteiger partial charge on any atom is -0.326 e. The first-order valence-electron chi connectivity index (χ1n) is 9.41. The number of nitrogens with one attached hydrogen (secondary N) is 2. The highest BCUT2D eigenvalue weighted by Crippen LogP contribution is 2.38. The lowest BCUT2D eigenvalue weighted by atomic mass is 10.1. The third kappa shape index (κ3) is 5.00. The van der Waals surface area contributed by atoms with Gasteiger partial charge >= 0.3 is 0 Å². The van der Waals surface area contributed by atoms with Gasteiger partial charge in [0.15, 0.2) is 9.84 Å². The molecule has 0 radical (unpaired) electrons. The van der Waals surface area contributed by atoms with E-state index in [9.17, 15) is 18.0 Å². The molecule has 8 heteroatoms. The highest BCUT2D eigenvalue weighted by Gasteiger charge is 2.27. The van der Waals surface area contributed by atoms with Crippen LogP contribution in [0.4, 0.5) is 11.4 Å². The molecule has 29 heavy (non-hydrogen) atoms. The molecule has 0 unspecified atom stereocenters. The van der Waals surface area contributed by atoms with Crippen LogP contribution in [0.1, 0.15) is 30.9 Å². The number of benzene rings is 2. The molecule has 0 bridgehead atoms. The van der Waals surface area contributed by atoms with Crippen LogP contribution in [0.15, 0.2) is 46.2 Å². The van der Waals surface area contributed by atoms with Crippen LogP contribution in [0.2, 0.25) is 0 Å². The summed E-state index contributed by atoms with van der Waals surface area (Å²) in [5.41, 5.74) is 3.20. The van der Waals surface area contributed by atoms with Crippen LogP contribution in [-0.2, 0) is 19.4 Å². The Kier molecular flexibility index (Phi) is 6.33. The van der Waals surface area contributed by atoms with Crippen molar-refractivity contribution < 1.29 is 18.0 Å². The highest BCUT2D eigenvalue weighted by molar-refractivity contribution is 8.01. The first kappa shape index (κ1) is 21.4. The lowest BCUT2D eigenvalue weighted by Crippen LogP contribution is -2.28. The maximum atomic E-state index is 12.7. The van der Waals surface area contributed by atoms with Crippen LogP contribution < -0.4 is 10.6 Å². The Bertz CT molecular complexity index is 1060. The summed E-state index contributed by atoms with van der Waals surface area (Å²) in [6.45, 7) is 5.79. The number of rotatable bonds is 6. The lowest BCUT2D eigenvalue weighted by Gasteiger charge is -2.23. The van der Waals surface area contributed by atoms with E-state index in [1.165, 1.54) is 23.9 Å². The van der Waals surface area contributed by atoms with Gasteiger partial charge in [0.05, 0.1) is 21.6 Å². The zero-order valence-corrected chi connectivity index (χ0v) is 18.2. The Hall–Kier alpha value is -2.32. The Morgan fingerprint density at radius 2 is 1.93 bits per heavy atom. The second-order valence-electron chi connectivity index (χ2n) is 7.10. The molecule has 2 amide bonds. The summed E-state index contributed by atoms with van der Waals surface area (Å²) >= 11 is 1.44. The summed E-state index contributed by atoms with van der Waals surface area (Å²) in [5, 5.41) is 5.38. The largest absolute Gasteiger partial charge is 0.326 e. The number of anilines is 2. The van der Waals surface area contributed by atoms with Crippen LogP contribution in [-0.4, -0.2) is 31.2 Å². The second-order valence-corrected chi connectivity index (χ2v) is 10.5. The first-order chi connectivity index (χ1) is 13.7. The van der Waals surface area contributed by atoms with Crippen LogP contribution in [0.25, 0.3) is 0 Å². The van der Waals surface area contributed by atoms with E-state index in [2.05, 4.69) is 10.6 Å². The normalized spacial score (nSPS) is 16.1. The molecular weight excluding hydrogens is 408 g/mol. The predicted octanol–water partition coefficient (Wildman–Crippen LogP) is 3.93. The molecule has 3 rings (SSSR count). The molecule has 1 atom stereocenters. The quantitative estimate of drug-likeness (QED) is 0.722. The average molecular weight is 433 g/mol. The third-order valence-corrected chi connectivity index (χ3v) is 7.91. The van der Waals surface area contributed by atoms with E-state index >= 15 is 0 Å². The van der Waals surface area contributed by atoms with Crippen molar-refractivity contribution in [1.82, 2.24) is 0 Å². The van der Waals surface area contributed by atoms with Gasteiger partial charge in [0.2, 0.25) is 11.8 Å².